The minimum atomic E-state index is -0.285. The number of hydrogen-bond donors (Lipinski definition) is 1. The summed E-state index contributed by atoms with van der Waals surface area (Å²) in [6.07, 6.45) is 3.00. The van der Waals surface area contributed by atoms with Crippen LogP contribution >= 0.6 is 11.3 Å². The van der Waals surface area contributed by atoms with Crippen LogP contribution in [0.5, 0.6) is 0 Å². The van der Waals surface area contributed by atoms with Gasteiger partial charge in [0.2, 0.25) is 5.56 Å². The first-order valence-electron chi connectivity index (χ1n) is 7.29. The highest BCUT2D eigenvalue weighted by Crippen LogP contribution is 2.26. The summed E-state index contributed by atoms with van der Waals surface area (Å²) in [6.45, 7) is 3.37. The van der Waals surface area contributed by atoms with Crippen LogP contribution in [0.4, 0.5) is 0 Å². The van der Waals surface area contributed by atoms with Crippen molar-refractivity contribution < 1.29 is 9.59 Å². The summed E-state index contributed by atoms with van der Waals surface area (Å²) >= 11 is 1.30. The third-order valence-electron chi connectivity index (χ3n) is 3.57. The summed E-state index contributed by atoms with van der Waals surface area (Å²) in [7, 11) is 0. The van der Waals surface area contributed by atoms with Gasteiger partial charge in [-0.1, -0.05) is 6.92 Å². The Morgan fingerprint density at radius 2 is 2.04 bits per heavy atom. The van der Waals surface area contributed by atoms with Crippen LogP contribution in [0.25, 0.3) is 11.0 Å². The van der Waals surface area contributed by atoms with E-state index in [-0.39, 0.29) is 35.2 Å². The maximum absolute atomic E-state index is 12.6. The molecular formula is C16H14N4O3S. The number of pyridine rings is 1. The molecule has 3 heterocycles. The van der Waals surface area contributed by atoms with Gasteiger partial charge in [0.15, 0.2) is 11.6 Å². The SMILES string of the molecule is CC(=O)c1cnc([C@@H](C)CC(=O)c2ncnc3[nH]c(=O)ccc23)s1. The number of Topliss-reactive ketones (excluding diaryl/α,β-unsaturated/α-hetero) is 2. The average Bonchev–Trinajstić information content (AvgIpc) is 3.04. The van der Waals surface area contributed by atoms with Gasteiger partial charge in [-0.3, -0.25) is 14.4 Å². The fraction of sp³-hybridized carbons (Fsp3) is 0.250. The number of thiazole rings is 1. The Kier molecular flexibility index (Phi) is 4.30. The van der Waals surface area contributed by atoms with Crippen LogP contribution in [0.3, 0.4) is 0 Å². The van der Waals surface area contributed by atoms with Gasteiger partial charge >= 0.3 is 0 Å². The number of fused-ring (bicyclic) bond motifs is 1. The van der Waals surface area contributed by atoms with Crippen LogP contribution in [0.1, 0.15) is 51.4 Å². The standard InChI is InChI=1S/C16H14N4O3S/c1-8(16-17-6-12(24-16)9(2)21)5-11(22)14-10-3-4-13(23)20-15(10)19-7-18-14/h3-4,6-8H,5H2,1-2H3,(H,18,19,20,23)/t8-/m0/s1. The number of rotatable bonds is 5. The van der Waals surface area contributed by atoms with Gasteiger partial charge < -0.3 is 4.98 Å². The molecule has 0 aromatic carbocycles. The Balaban J connectivity index is 1.86. The maximum atomic E-state index is 12.6. The van der Waals surface area contributed by atoms with Crippen molar-refractivity contribution >= 4 is 33.9 Å². The number of aromatic nitrogens is 4. The highest BCUT2D eigenvalue weighted by atomic mass is 32.1. The Morgan fingerprint density at radius 3 is 2.75 bits per heavy atom. The zero-order valence-electron chi connectivity index (χ0n) is 13.1. The molecule has 3 aromatic heterocycles. The number of carbonyl (C=O) groups is 2. The van der Waals surface area contributed by atoms with Gasteiger partial charge in [0.05, 0.1) is 9.88 Å². The normalized spacial score (nSPS) is 12.2. The number of H-pyrrole nitrogens is 1. The molecule has 8 heteroatoms. The molecule has 3 rings (SSSR count). The van der Waals surface area contributed by atoms with Crippen LogP contribution in [0.2, 0.25) is 0 Å². The van der Waals surface area contributed by atoms with Crippen LogP contribution in [0, 0.1) is 0 Å². The van der Waals surface area contributed by atoms with E-state index in [4.69, 9.17) is 0 Å². The molecule has 1 atom stereocenters. The number of ketones is 2. The van der Waals surface area contributed by atoms with E-state index in [9.17, 15) is 14.4 Å². The maximum Gasteiger partial charge on any atom is 0.249 e. The summed E-state index contributed by atoms with van der Waals surface area (Å²) in [4.78, 5) is 50.7. The molecule has 0 aliphatic heterocycles. The molecule has 0 bridgehead atoms. The monoisotopic (exact) mass is 342 g/mol. The van der Waals surface area contributed by atoms with Gasteiger partial charge in [0, 0.05) is 36.9 Å². The molecule has 0 spiro atoms. The summed E-state index contributed by atoms with van der Waals surface area (Å²) in [5.41, 5.74) is 0.320. The number of aromatic amines is 1. The second-order valence-electron chi connectivity index (χ2n) is 5.45. The Morgan fingerprint density at radius 1 is 1.25 bits per heavy atom. The third kappa shape index (κ3) is 3.13. The molecular weight excluding hydrogens is 328 g/mol. The molecule has 0 aliphatic rings. The molecule has 0 saturated carbocycles. The van der Waals surface area contributed by atoms with Crippen molar-refractivity contribution in [3.05, 3.63) is 50.6 Å². The van der Waals surface area contributed by atoms with Gasteiger partial charge in [-0.15, -0.1) is 11.3 Å². The van der Waals surface area contributed by atoms with Gasteiger partial charge in [-0.25, -0.2) is 15.0 Å². The van der Waals surface area contributed by atoms with E-state index < -0.39 is 0 Å². The lowest BCUT2D eigenvalue weighted by molar-refractivity contribution is 0.0971. The second kappa shape index (κ2) is 6.40. The van der Waals surface area contributed by atoms with Crippen molar-refractivity contribution in [1.29, 1.82) is 0 Å². The van der Waals surface area contributed by atoms with Gasteiger partial charge in [-0.2, -0.15) is 0 Å². The zero-order valence-corrected chi connectivity index (χ0v) is 13.9. The largest absolute Gasteiger partial charge is 0.306 e. The summed E-state index contributed by atoms with van der Waals surface area (Å²) in [5, 5.41) is 1.25. The molecule has 122 valence electrons. The molecule has 7 nitrogen and oxygen atoms in total. The minimum absolute atomic E-state index is 0.0389. The molecule has 0 fully saturated rings. The summed E-state index contributed by atoms with van der Waals surface area (Å²) in [5.74, 6) is -0.340. The van der Waals surface area contributed by atoms with Gasteiger partial charge in [-0.05, 0) is 6.07 Å². The summed E-state index contributed by atoms with van der Waals surface area (Å²) < 4.78 is 0. The van der Waals surface area contributed by atoms with Crippen LogP contribution in [-0.4, -0.2) is 31.5 Å². The fourth-order valence-corrected chi connectivity index (χ4v) is 3.20. The fourth-order valence-electron chi connectivity index (χ4n) is 2.33. The number of hydrogen-bond acceptors (Lipinski definition) is 7. The van der Waals surface area contributed by atoms with Crippen LogP contribution < -0.4 is 5.56 Å². The predicted molar refractivity (Wildman–Crippen MR) is 89.6 cm³/mol. The van der Waals surface area contributed by atoms with Crippen LogP contribution in [0.15, 0.2) is 29.5 Å². The minimum Gasteiger partial charge on any atom is -0.306 e. The van der Waals surface area contributed by atoms with E-state index in [2.05, 4.69) is 19.9 Å². The zero-order chi connectivity index (χ0) is 17.3. The second-order valence-corrected chi connectivity index (χ2v) is 6.52. The Bertz CT molecular complexity index is 992. The lowest BCUT2D eigenvalue weighted by Gasteiger charge is -2.08. The molecule has 0 aliphatic carbocycles. The average molecular weight is 342 g/mol. The van der Waals surface area contributed by atoms with Crippen LogP contribution in [-0.2, 0) is 0 Å². The topological polar surface area (TPSA) is 106 Å². The molecule has 3 aromatic rings. The number of carbonyl (C=O) groups excluding carboxylic acids is 2. The molecule has 0 saturated heterocycles. The third-order valence-corrected chi connectivity index (χ3v) is 4.90. The molecule has 0 radical (unpaired) electrons. The van der Waals surface area contributed by atoms with Crippen molar-refractivity contribution in [2.45, 2.75) is 26.2 Å². The number of nitrogens with one attached hydrogen (secondary N) is 1. The van der Waals surface area contributed by atoms with E-state index in [1.807, 2.05) is 6.92 Å². The van der Waals surface area contributed by atoms with E-state index >= 15 is 0 Å². The van der Waals surface area contributed by atoms with Crippen molar-refractivity contribution in [2.24, 2.45) is 0 Å². The first-order chi connectivity index (χ1) is 11.5. The highest BCUT2D eigenvalue weighted by Gasteiger charge is 2.20. The Hall–Kier alpha value is -2.74. The lowest BCUT2D eigenvalue weighted by atomic mass is 10.0. The summed E-state index contributed by atoms with van der Waals surface area (Å²) in [6, 6.07) is 2.88. The van der Waals surface area contributed by atoms with E-state index in [1.54, 1.807) is 6.07 Å². The molecule has 24 heavy (non-hydrogen) atoms. The Labute approximate surface area is 140 Å². The van der Waals surface area contributed by atoms with Gasteiger partial charge in [0.25, 0.3) is 0 Å². The molecule has 0 amide bonds. The smallest absolute Gasteiger partial charge is 0.249 e. The van der Waals surface area contributed by atoms with E-state index in [1.165, 1.54) is 36.9 Å². The molecule has 0 unspecified atom stereocenters. The van der Waals surface area contributed by atoms with Crippen molar-refractivity contribution in [1.82, 2.24) is 19.9 Å². The van der Waals surface area contributed by atoms with Gasteiger partial charge in [0.1, 0.15) is 17.7 Å². The lowest BCUT2D eigenvalue weighted by Crippen LogP contribution is -2.11. The predicted octanol–water partition coefficient (Wildman–Crippen LogP) is 2.35. The van der Waals surface area contributed by atoms with Crippen molar-refractivity contribution in [3.63, 3.8) is 0 Å². The van der Waals surface area contributed by atoms with Crippen molar-refractivity contribution in [2.75, 3.05) is 0 Å². The van der Waals surface area contributed by atoms with E-state index in [0.717, 1.165) is 5.01 Å². The van der Waals surface area contributed by atoms with Crippen molar-refractivity contribution in [3.8, 4) is 0 Å². The quantitative estimate of drug-likeness (QED) is 0.714. The number of nitrogens with zero attached hydrogens (tertiary/aromatic N) is 3. The van der Waals surface area contributed by atoms with E-state index in [0.29, 0.717) is 15.9 Å². The highest BCUT2D eigenvalue weighted by molar-refractivity contribution is 7.13. The first-order valence-corrected chi connectivity index (χ1v) is 8.11. The first kappa shape index (κ1) is 16.1. The molecule has 1 N–H and O–H groups in total.